The van der Waals surface area contributed by atoms with Crippen molar-refractivity contribution in [2.45, 2.75) is 0 Å². The van der Waals surface area contributed by atoms with Gasteiger partial charge in [0.05, 0.1) is 10.9 Å². The molecule has 0 atom stereocenters. The Kier molecular flexibility index (Phi) is 4.83. The molecule has 0 spiro atoms. The first-order valence-electron chi connectivity index (χ1n) is 6.48. The van der Waals surface area contributed by atoms with Crippen molar-refractivity contribution in [2.24, 2.45) is 0 Å². The number of fused-ring (bicyclic) bond motifs is 3. The van der Waals surface area contributed by atoms with Crippen LogP contribution in [0.3, 0.4) is 0 Å². The van der Waals surface area contributed by atoms with Gasteiger partial charge in [-0.25, -0.2) is 14.6 Å². The molecule has 0 aliphatic heterocycles. The Hall–Kier alpha value is -3.48. The van der Waals surface area contributed by atoms with Crippen LogP contribution < -0.4 is 5.56 Å². The van der Waals surface area contributed by atoms with Gasteiger partial charge < -0.3 is 15.2 Å². The van der Waals surface area contributed by atoms with Crippen LogP contribution in [0.5, 0.6) is 0 Å². The van der Waals surface area contributed by atoms with Crippen LogP contribution in [0.2, 0.25) is 0 Å². The average molecular weight is 312 g/mol. The topological polar surface area (TPSA) is 120 Å². The van der Waals surface area contributed by atoms with Gasteiger partial charge in [-0.05, 0) is 18.2 Å². The number of H-pyrrole nitrogens is 1. The van der Waals surface area contributed by atoms with Gasteiger partial charge in [0.25, 0.3) is 5.56 Å². The van der Waals surface area contributed by atoms with Crippen LogP contribution in [0.25, 0.3) is 21.8 Å². The summed E-state index contributed by atoms with van der Waals surface area (Å²) in [6.07, 6.45) is 2.63. The monoisotopic (exact) mass is 312 g/mol. The van der Waals surface area contributed by atoms with Gasteiger partial charge in [-0.15, -0.1) is 0 Å². The third-order valence-electron chi connectivity index (χ3n) is 2.86. The summed E-state index contributed by atoms with van der Waals surface area (Å²) >= 11 is 0. The van der Waals surface area contributed by atoms with E-state index in [1.54, 1.807) is 6.07 Å². The minimum Gasteiger partial charge on any atom is -0.478 e. The first kappa shape index (κ1) is 15.9. The second-order valence-corrected chi connectivity index (χ2v) is 4.41. The molecule has 116 valence electrons. The lowest BCUT2D eigenvalue weighted by Gasteiger charge is -1.85. The number of aromatic amines is 1. The number of rotatable bonds is 2. The molecule has 0 saturated carbocycles. The van der Waals surface area contributed by atoms with Gasteiger partial charge in [-0.2, -0.15) is 0 Å². The number of nitrogens with one attached hydrogen (secondary N) is 1. The van der Waals surface area contributed by atoms with Gasteiger partial charge in [0, 0.05) is 29.3 Å². The third-order valence-corrected chi connectivity index (χ3v) is 2.86. The fraction of sp³-hybridized carbons (Fsp3) is 0. The Balaban J connectivity index is 0.000000207. The number of carbonyl (C=O) groups is 2. The lowest BCUT2D eigenvalue weighted by atomic mass is 10.2. The molecule has 3 N–H and O–H groups in total. The number of hydrogen-bond acceptors (Lipinski definition) is 4. The maximum Gasteiger partial charge on any atom is 0.328 e. The molecule has 0 unspecified atom stereocenters. The molecule has 0 bridgehead atoms. The fourth-order valence-electron chi connectivity index (χ4n) is 1.98. The van der Waals surface area contributed by atoms with Crippen LogP contribution in [-0.2, 0) is 9.59 Å². The Morgan fingerprint density at radius 1 is 0.957 bits per heavy atom. The molecule has 0 fully saturated rings. The Morgan fingerprint density at radius 3 is 2.22 bits per heavy atom. The molecular formula is C16H12N2O5. The summed E-state index contributed by atoms with van der Waals surface area (Å²) in [6.45, 7) is 0. The maximum absolute atomic E-state index is 11.7. The van der Waals surface area contributed by atoms with Crippen molar-refractivity contribution in [3.63, 3.8) is 0 Å². The van der Waals surface area contributed by atoms with E-state index in [4.69, 9.17) is 10.2 Å². The molecule has 0 radical (unpaired) electrons. The quantitative estimate of drug-likeness (QED) is 0.620. The van der Waals surface area contributed by atoms with Crippen molar-refractivity contribution in [1.29, 1.82) is 0 Å². The van der Waals surface area contributed by atoms with E-state index in [2.05, 4.69) is 9.97 Å². The number of benzene rings is 1. The summed E-state index contributed by atoms with van der Waals surface area (Å²) in [5, 5.41) is 17.2. The molecule has 0 aliphatic carbocycles. The van der Waals surface area contributed by atoms with Gasteiger partial charge in [-0.3, -0.25) is 4.79 Å². The zero-order valence-corrected chi connectivity index (χ0v) is 11.8. The van der Waals surface area contributed by atoms with E-state index in [-0.39, 0.29) is 5.56 Å². The molecule has 0 aliphatic rings. The smallest absolute Gasteiger partial charge is 0.328 e. The van der Waals surface area contributed by atoms with Crippen LogP contribution in [-0.4, -0.2) is 32.1 Å². The highest BCUT2D eigenvalue weighted by Gasteiger charge is 2.05. The summed E-state index contributed by atoms with van der Waals surface area (Å²) in [6, 6.07) is 11.4. The molecule has 2 heterocycles. The zero-order chi connectivity index (χ0) is 16.8. The van der Waals surface area contributed by atoms with E-state index in [1.165, 1.54) is 6.20 Å². The molecule has 7 heteroatoms. The summed E-state index contributed by atoms with van der Waals surface area (Å²) in [4.78, 5) is 37.8. The first-order valence-corrected chi connectivity index (χ1v) is 6.48. The van der Waals surface area contributed by atoms with E-state index >= 15 is 0 Å². The highest BCUT2D eigenvalue weighted by atomic mass is 16.4. The molecule has 3 aromatic rings. The molecule has 23 heavy (non-hydrogen) atoms. The van der Waals surface area contributed by atoms with Gasteiger partial charge >= 0.3 is 11.9 Å². The summed E-state index contributed by atoms with van der Waals surface area (Å²) < 4.78 is 0. The van der Waals surface area contributed by atoms with Crippen molar-refractivity contribution in [3.8, 4) is 0 Å². The van der Waals surface area contributed by atoms with Gasteiger partial charge in [-0.1, -0.05) is 18.2 Å². The molecule has 7 nitrogen and oxygen atoms in total. The van der Waals surface area contributed by atoms with Crippen molar-refractivity contribution >= 4 is 33.7 Å². The highest BCUT2D eigenvalue weighted by molar-refractivity contribution is 6.06. The summed E-state index contributed by atoms with van der Waals surface area (Å²) in [5.41, 5.74) is 1.61. The average Bonchev–Trinajstić information content (AvgIpc) is 2.78. The molecule has 0 amide bonds. The lowest BCUT2D eigenvalue weighted by Crippen LogP contribution is -1.99. The van der Waals surface area contributed by atoms with Crippen molar-refractivity contribution in [3.05, 3.63) is 65.1 Å². The Bertz CT molecular complexity index is 943. The number of aromatic nitrogens is 2. The Labute approximate surface area is 129 Å². The fourth-order valence-corrected chi connectivity index (χ4v) is 1.98. The standard InChI is InChI=1S/C12H8N2O.C4H4O4/c15-12-11-8-4-1-2-5-9(8)14-10(11)6-3-7-13-12;5-3(6)1-2-4(7)8/h1-7,14H;1-2H,(H,5,6)(H,7,8)/b;2-1-. The molecule has 3 rings (SSSR count). The van der Waals surface area contributed by atoms with Gasteiger partial charge in [0.2, 0.25) is 0 Å². The minimum atomic E-state index is -1.26. The Morgan fingerprint density at radius 2 is 1.57 bits per heavy atom. The second-order valence-electron chi connectivity index (χ2n) is 4.41. The van der Waals surface area contributed by atoms with E-state index in [1.807, 2.05) is 30.3 Å². The molecule has 2 aromatic heterocycles. The maximum atomic E-state index is 11.7. The van der Waals surface area contributed by atoms with E-state index in [0.717, 1.165) is 16.4 Å². The molecule has 1 aromatic carbocycles. The van der Waals surface area contributed by atoms with Gasteiger partial charge in [0.1, 0.15) is 0 Å². The predicted octanol–water partition coefficient (Wildman–Crippen LogP) is 1.79. The predicted molar refractivity (Wildman–Crippen MR) is 84.3 cm³/mol. The van der Waals surface area contributed by atoms with Crippen molar-refractivity contribution < 1.29 is 19.8 Å². The van der Waals surface area contributed by atoms with Crippen LogP contribution in [0.1, 0.15) is 0 Å². The lowest BCUT2D eigenvalue weighted by molar-refractivity contribution is -0.134. The number of hydrogen-bond donors (Lipinski definition) is 3. The van der Waals surface area contributed by atoms with Crippen LogP contribution in [0, 0.1) is 0 Å². The van der Waals surface area contributed by atoms with Gasteiger partial charge in [0.15, 0.2) is 0 Å². The third kappa shape index (κ3) is 4.01. The van der Waals surface area contributed by atoms with Crippen LogP contribution in [0.4, 0.5) is 0 Å². The number of para-hydroxylation sites is 1. The number of nitrogens with zero attached hydrogens (tertiary/aromatic N) is 1. The number of aliphatic carboxylic acids is 2. The number of carboxylic acids is 2. The van der Waals surface area contributed by atoms with E-state index in [9.17, 15) is 14.4 Å². The van der Waals surface area contributed by atoms with Crippen LogP contribution in [0.15, 0.2) is 59.5 Å². The SMILES string of the molecule is O=C(O)/C=C\C(=O)O.O=c1ncccc2[nH]c3ccccc3c12. The van der Waals surface area contributed by atoms with E-state index in [0.29, 0.717) is 17.5 Å². The molecule has 0 saturated heterocycles. The number of carboxylic acid groups (broad SMARTS) is 2. The largest absolute Gasteiger partial charge is 0.478 e. The van der Waals surface area contributed by atoms with Crippen LogP contribution >= 0.6 is 0 Å². The van der Waals surface area contributed by atoms with Crippen molar-refractivity contribution in [1.82, 2.24) is 9.97 Å². The minimum absolute atomic E-state index is 0.188. The molecular weight excluding hydrogens is 300 g/mol. The summed E-state index contributed by atoms with van der Waals surface area (Å²) in [7, 11) is 0. The van der Waals surface area contributed by atoms with E-state index < -0.39 is 11.9 Å². The first-order chi connectivity index (χ1) is 11.0. The summed E-state index contributed by atoms with van der Waals surface area (Å²) in [5.74, 6) is -2.51. The zero-order valence-electron chi connectivity index (χ0n) is 11.8. The highest BCUT2D eigenvalue weighted by Crippen LogP contribution is 2.20. The normalized spacial score (nSPS) is 10.4. The van der Waals surface area contributed by atoms with Crippen molar-refractivity contribution in [2.75, 3.05) is 0 Å². The second kappa shape index (κ2) is 6.99.